The van der Waals surface area contributed by atoms with Crippen LogP contribution in [-0.2, 0) is 4.79 Å². The minimum absolute atomic E-state index is 0.0314. The van der Waals surface area contributed by atoms with Gasteiger partial charge in [-0.05, 0) is 34.5 Å². The van der Waals surface area contributed by atoms with E-state index in [4.69, 9.17) is 9.90 Å². The van der Waals surface area contributed by atoms with Crippen LogP contribution >= 0.6 is 23.5 Å². The molecule has 0 unspecified atom stereocenters. The predicted octanol–water partition coefficient (Wildman–Crippen LogP) is 6.01. The van der Waals surface area contributed by atoms with Crippen LogP contribution in [0.4, 0.5) is 0 Å². The first-order valence-electron chi connectivity index (χ1n) is 9.27. The van der Waals surface area contributed by atoms with Crippen molar-refractivity contribution in [3.8, 4) is 0 Å². The number of aliphatic hydroxyl groups is 1. The van der Waals surface area contributed by atoms with Gasteiger partial charge in [0.2, 0.25) is 0 Å². The fourth-order valence-corrected chi connectivity index (χ4v) is 5.73. The smallest absolute Gasteiger partial charge is 0.300 e. The number of nitrogens with zero attached hydrogens (tertiary/aromatic N) is 1. The van der Waals surface area contributed by atoms with Gasteiger partial charge in [-0.2, -0.15) is 0 Å². The maximum absolute atomic E-state index is 11.1. The van der Waals surface area contributed by atoms with Crippen LogP contribution in [0.1, 0.15) is 39.4 Å². The molecule has 3 rings (SSSR count). The van der Waals surface area contributed by atoms with Gasteiger partial charge in [-0.1, -0.05) is 75.0 Å². The lowest BCUT2D eigenvalue weighted by atomic mass is 10.0. The van der Waals surface area contributed by atoms with E-state index in [1.165, 1.54) is 5.39 Å². The topological polar surface area (TPSA) is 70.4 Å². The number of aromatic nitrogens is 1. The fourth-order valence-electron chi connectivity index (χ4n) is 2.59. The summed E-state index contributed by atoms with van der Waals surface area (Å²) < 4.78 is 0.0145. The summed E-state index contributed by atoms with van der Waals surface area (Å²) in [4.78, 5) is 13.4. The molecule has 2 atom stereocenters. The van der Waals surface area contributed by atoms with Gasteiger partial charge in [-0.25, -0.2) is 4.98 Å². The van der Waals surface area contributed by atoms with Crippen LogP contribution < -0.4 is 0 Å². The molecule has 0 saturated carbocycles. The number of carboxylic acids is 1. The highest BCUT2D eigenvalue weighted by molar-refractivity contribution is 8.17. The SMILES string of the molecule is CC(=O)O.CC(C)(C)S[C@@H](Sc1ccccn1)[C@H](O)c1ccc2ccccc2c1. The van der Waals surface area contributed by atoms with Crippen LogP contribution in [-0.4, -0.2) is 30.5 Å². The Morgan fingerprint density at radius 3 is 2.21 bits per heavy atom. The van der Waals surface area contributed by atoms with Gasteiger partial charge in [0, 0.05) is 17.9 Å². The zero-order valence-corrected chi connectivity index (χ0v) is 18.7. The van der Waals surface area contributed by atoms with Gasteiger partial charge >= 0.3 is 0 Å². The van der Waals surface area contributed by atoms with Crippen molar-refractivity contribution in [2.75, 3.05) is 0 Å². The van der Waals surface area contributed by atoms with Gasteiger partial charge in [0.25, 0.3) is 5.97 Å². The molecule has 0 aliphatic heterocycles. The van der Waals surface area contributed by atoms with Crippen molar-refractivity contribution in [2.45, 2.75) is 48.2 Å². The standard InChI is InChI=1S/C21H23NOS2.C2H4O2/c1-21(2,3)25-20(24-18-10-6-7-13-22-18)19(23)17-12-11-15-8-4-5-9-16(15)14-17;1-2(3)4/h4-14,19-20,23H,1-3H3;1H3,(H,3,4)/t19-,20-;/m1./s1. The number of carbonyl (C=O) groups is 1. The summed E-state index contributed by atoms with van der Waals surface area (Å²) in [7, 11) is 0. The molecule has 29 heavy (non-hydrogen) atoms. The van der Waals surface area contributed by atoms with E-state index in [0.717, 1.165) is 22.9 Å². The summed E-state index contributed by atoms with van der Waals surface area (Å²) in [5.41, 5.74) is 0.948. The van der Waals surface area contributed by atoms with Crippen molar-refractivity contribution in [3.05, 3.63) is 72.4 Å². The second-order valence-electron chi connectivity index (χ2n) is 7.45. The van der Waals surface area contributed by atoms with Crippen LogP contribution in [0.2, 0.25) is 0 Å². The molecule has 0 aliphatic carbocycles. The van der Waals surface area contributed by atoms with E-state index in [1.54, 1.807) is 29.7 Å². The van der Waals surface area contributed by atoms with Crippen molar-refractivity contribution in [1.29, 1.82) is 0 Å². The maximum atomic E-state index is 11.1. The van der Waals surface area contributed by atoms with Crippen molar-refractivity contribution < 1.29 is 15.0 Å². The summed E-state index contributed by atoms with van der Waals surface area (Å²) in [6.07, 6.45) is 1.23. The summed E-state index contributed by atoms with van der Waals surface area (Å²) in [5, 5.41) is 21.8. The Hall–Kier alpha value is -2.02. The number of thioether (sulfide) groups is 2. The minimum Gasteiger partial charge on any atom is -0.481 e. The van der Waals surface area contributed by atoms with E-state index in [1.807, 2.05) is 36.4 Å². The normalized spacial score (nSPS) is 13.3. The Labute approximate surface area is 180 Å². The first-order chi connectivity index (χ1) is 13.7. The van der Waals surface area contributed by atoms with E-state index < -0.39 is 12.1 Å². The summed E-state index contributed by atoms with van der Waals surface area (Å²) in [6, 6.07) is 20.3. The summed E-state index contributed by atoms with van der Waals surface area (Å²) >= 11 is 3.40. The molecule has 154 valence electrons. The zero-order chi connectivity index (χ0) is 21.4. The number of hydrogen-bond donors (Lipinski definition) is 2. The van der Waals surface area contributed by atoms with Crippen LogP contribution in [0.15, 0.2) is 71.9 Å². The average molecular weight is 430 g/mol. The molecular formula is C23H27NO3S2. The molecule has 6 heteroatoms. The van der Waals surface area contributed by atoms with E-state index in [9.17, 15) is 5.11 Å². The second kappa shape index (κ2) is 10.7. The molecule has 1 aromatic heterocycles. The quantitative estimate of drug-likeness (QED) is 0.382. The van der Waals surface area contributed by atoms with Gasteiger partial charge in [0.1, 0.15) is 6.10 Å². The van der Waals surface area contributed by atoms with Gasteiger partial charge in [-0.15, -0.1) is 11.8 Å². The maximum Gasteiger partial charge on any atom is 0.300 e. The van der Waals surface area contributed by atoms with Crippen LogP contribution in [0.25, 0.3) is 10.8 Å². The Morgan fingerprint density at radius 1 is 1.00 bits per heavy atom. The highest BCUT2D eigenvalue weighted by atomic mass is 32.2. The Kier molecular flexibility index (Phi) is 8.56. The summed E-state index contributed by atoms with van der Waals surface area (Å²) in [6.45, 7) is 7.62. The number of pyridine rings is 1. The van der Waals surface area contributed by atoms with Crippen molar-refractivity contribution in [2.24, 2.45) is 0 Å². The van der Waals surface area contributed by atoms with Crippen molar-refractivity contribution in [3.63, 3.8) is 0 Å². The van der Waals surface area contributed by atoms with Gasteiger partial charge < -0.3 is 10.2 Å². The zero-order valence-electron chi connectivity index (χ0n) is 17.1. The molecule has 2 aromatic carbocycles. The number of carboxylic acid groups (broad SMARTS) is 1. The number of hydrogen-bond acceptors (Lipinski definition) is 5. The number of aliphatic hydroxyl groups excluding tert-OH is 1. The van der Waals surface area contributed by atoms with E-state index in [0.29, 0.717) is 0 Å². The minimum atomic E-state index is -0.833. The molecule has 0 radical (unpaired) electrons. The third kappa shape index (κ3) is 8.09. The van der Waals surface area contributed by atoms with Crippen molar-refractivity contribution >= 4 is 40.3 Å². The van der Waals surface area contributed by atoms with E-state index in [2.05, 4.69) is 50.0 Å². The van der Waals surface area contributed by atoms with E-state index >= 15 is 0 Å². The first kappa shape index (κ1) is 23.3. The van der Waals surface area contributed by atoms with Gasteiger partial charge in [0.15, 0.2) is 0 Å². The van der Waals surface area contributed by atoms with E-state index in [-0.39, 0.29) is 9.33 Å². The monoisotopic (exact) mass is 429 g/mol. The third-order valence-corrected chi connectivity index (χ3v) is 6.46. The Bertz CT molecular complexity index is 922. The van der Waals surface area contributed by atoms with Crippen molar-refractivity contribution in [1.82, 2.24) is 4.98 Å². The number of rotatable bonds is 5. The Balaban J connectivity index is 0.000000687. The highest BCUT2D eigenvalue weighted by Gasteiger charge is 2.28. The molecule has 0 saturated heterocycles. The van der Waals surface area contributed by atoms with Gasteiger partial charge in [-0.3, -0.25) is 4.79 Å². The van der Waals surface area contributed by atoms with Gasteiger partial charge in [0.05, 0.1) is 9.61 Å². The second-order valence-corrected chi connectivity index (χ2v) is 10.9. The van der Waals surface area contributed by atoms with Crippen LogP contribution in [0, 0.1) is 0 Å². The molecule has 0 aliphatic rings. The number of aliphatic carboxylic acids is 1. The molecule has 4 nitrogen and oxygen atoms in total. The first-order valence-corrected chi connectivity index (χ1v) is 11.0. The van der Waals surface area contributed by atoms with Crippen LogP contribution in [0.5, 0.6) is 0 Å². The Morgan fingerprint density at radius 2 is 1.62 bits per heavy atom. The predicted molar refractivity (Wildman–Crippen MR) is 123 cm³/mol. The lowest BCUT2D eigenvalue weighted by Crippen LogP contribution is -2.20. The fraction of sp³-hybridized carbons (Fsp3) is 0.304. The summed E-state index contributed by atoms with van der Waals surface area (Å²) in [5.74, 6) is -0.833. The lowest BCUT2D eigenvalue weighted by Gasteiger charge is -2.29. The average Bonchev–Trinajstić information content (AvgIpc) is 2.66. The number of benzene rings is 2. The lowest BCUT2D eigenvalue weighted by molar-refractivity contribution is -0.134. The highest BCUT2D eigenvalue weighted by Crippen LogP contribution is 2.44. The third-order valence-electron chi connectivity index (χ3n) is 3.72. The molecule has 0 spiro atoms. The molecule has 0 fully saturated rings. The molecule has 1 heterocycles. The van der Waals surface area contributed by atoms with Crippen LogP contribution in [0.3, 0.4) is 0 Å². The number of fused-ring (bicyclic) bond motifs is 1. The molecule has 2 N–H and O–H groups in total. The molecule has 0 bridgehead atoms. The molecule has 3 aromatic rings. The molecular weight excluding hydrogens is 402 g/mol. The molecule has 0 amide bonds. The largest absolute Gasteiger partial charge is 0.481 e.